The zero-order valence-corrected chi connectivity index (χ0v) is 13.2. The van der Waals surface area contributed by atoms with E-state index in [0.717, 1.165) is 14.9 Å². The van der Waals surface area contributed by atoms with E-state index in [1.807, 2.05) is 13.1 Å². The lowest BCUT2D eigenvalue weighted by Gasteiger charge is -2.14. The molecular weight excluding hydrogens is 282 g/mol. The predicted octanol–water partition coefficient (Wildman–Crippen LogP) is 4.86. The summed E-state index contributed by atoms with van der Waals surface area (Å²) < 4.78 is 0.765. The number of thiophene rings is 1. The fourth-order valence-corrected chi connectivity index (χ4v) is 3.22. The van der Waals surface area contributed by atoms with Gasteiger partial charge in [0.2, 0.25) is 0 Å². The molecular formula is C14H14ClNS2. The van der Waals surface area contributed by atoms with Crippen molar-refractivity contribution in [2.24, 2.45) is 0 Å². The monoisotopic (exact) mass is 295 g/mol. The average Bonchev–Trinajstić information content (AvgIpc) is 2.81. The Kier molecular flexibility index (Phi) is 3.82. The Labute approximate surface area is 121 Å². The van der Waals surface area contributed by atoms with Gasteiger partial charge in [-0.15, -0.1) is 22.7 Å². The van der Waals surface area contributed by atoms with E-state index >= 15 is 0 Å². The van der Waals surface area contributed by atoms with E-state index in [9.17, 15) is 0 Å². The van der Waals surface area contributed by atoms with Crippen molar-refractivity contribution in [3.05, 3.63) is 36.9 Å². The molecule has 2 rings (SSSR count). The number of aryl methyl sites for hydroxylation is 1. The van der Waals surface area contributed by atoms with Gasteiger partial charge in [0.05, 0.1) is 5.56 Å². The van der Waals surface area contributed by atoms with Crippen LogP contribution in [0.1, 0.15) is 41.1 Å². The van der Waals surface area contributed by atoms with Gasteiger partial charge in [0.15, 0.2) is 5.01 Å². The third-order valence-corrected chi connectivity index (χ3v) is 4.96. The van der Waals surface area contributed by atoms with Crippen LogP contribution in [0.5, 0.6) is 0 Å². The minimum Gasteiger partial charge on any atom is -0.236 e. The molecule has 0 saturated heterocycles. The number of thiazole rings is 1. The average molecular weight is 296 g/mol. The maximum atomic E-state index is 6.22. The Bertz CT molecular complexity index is 620. The molecule has 2 aromatic rings. The molecule has 0 amide bonds. The van der Waals surface area contributed by atoms with E-state index in [1.54, 1.807) is 22.7 Å². The summed E-state index contributed by atoms with van der Waals surface area (Å²) in [7, 11) is 0. The lowest BCUT2D eigenvalue weighted by molar-refractivity contribution is 0.604. The van der Waals surface area contributed by atoms with Crippen LogP contribution in [0.4, 0.5) is 0 Å². The Morgan fingerprint density at radius 1 is 1.22 bits per heavy atom. The summed E-state index contributed by atoms with van der Waals surface area (Å²) in [6.07, 6.45) is 1.84. The van der Waals surface area contributed by atoms with Gasteiger partial charge >= 0.3 is 0 Å². The molecule has 2 aromatic heterocycles. The molecule has 0 aliphatic rings. The van der Waals surface area contributed by atoms with Gasteiger partial charge in [0.1, 0.15) is 4.34 Å². The Morgan fingerprint density at radius 3 is 2.44 bits per heavy atom. The molecule has 2 heterocycles. The van der Waals surface area contributed by atoms with E-state index in [4.69, 9.17) is 11.6 Å². The third kappa shape index (κ3) is 3.14. The molecule has 0 bridgehead atoms. The van der Waals surface area contributed by atoms with Crippen LogP contribution < -0.4 is 0 Å². The first-order valence-corrected chi connectivity index (χ1v) is 7.61. The zero-order valence-electron chi connectivity index (χ0n) is 10.8. The Balaban J connectivity index is 2.31. The molecule has 0 aliphatic heterocycles. The second-order valence-electron chi connectivity index (χ2n) is 5.07. The zero-order chi connectivity index (χ0) is 13.3. The normalized spacial score (nSPS) is 11.2. The van der Waals surface area contributed by atoms with Gasteiger partial charge in [0.25, 0.3) is 0 Å². The van der Waals surface area contributed by atoms with Crippen LogP contribution in [0.3, 0.4) is 0 Å². The van der Waals surface area contributed by atoms with Gasteiger partial charge in [0, 0.05) is 16.0 Å². The van der Waals surface area contributed by atoms with Crippen LogP contribution >= 0.6 is 34.3 Å². The van der Waals surface area contributed by atoms with Crippen molar-refractivity contribution < 1.29 is 0 Å². The quantitative estimate of drug-likeness (QED) is 0.632. The third-order valence-electron chi connectivity index (χ3n) is 2.35. The first kappa shape index (κ1) is 13.6. The molecule has 0 radical (unpaired) electrons. The number of hydrogen-bond acceptors (Lipinski definition) is 3. The van der Waals surface area contributed by atoms with Crippen molar-refractivity contribution in [3.8, 4) is 11.8 Å². The molecule has 0 N–H and O–H groups in total. The molecule has 0 aromatic carbocycles. The Hall–Kier alpha value is -0.820. The number of hydrogen-bond donors (Lipinski definition) is 0. The van der Waals surface area contributed by atoms with Gasteiger partial charge in [-0.2, -0.15) is 0 Å². The van der Waals surface area contributed by atoms with Crippen LogP contribution in [0.25, 0.3) is 0 Å². The van der Waals surface area contributed by atoms with Gasteiger partial charge in [-0.3, -0.25) is 0 Å². The topological polar surface area (TPSA) is 12.9 Å². The summed E-state index contributed by atoms with van der Waals surface area (Å²) in [6.45, 7) is 8.56. The number of halogens is 1. The van der Waals surface area contributed by atoms with Gasteiger partial charge in [-0.25, -0.2) is 4.98 Å². The highest BCUT2D eigenvalue weighted by Gasteiger charge is 2.18. The summed E-state index contributed by atoms with van der Waals surface area (Å²) in [5, 5.41) is 0.840. The molecule has 0 aliphatic carbocycles. The highest BCUT2D eigenvalue weighted by Crippen LogP contribution is 2.35. The summed E-state index contributed by atoms with van der Waals surface area (Å²) in [6, 6.07) is 2.08. The lowest BCUT2D eigenvalue weighted by atomic mass is 9.94. The second-order valence-corrected chi connectivity index (χ2v) is 7.96. The highest BCUT2D eigenvalue weighted by molar-refractivity contribution is 7.16. The van der Waals surface area contributed by atoms with Crippen molar-refractivity contribution in [2.75, 3.05) is 0 Å². The molecule has 0 atom stereocenters. The smallest absolute Gasteiger partial charge is 0.167 e. The van der Waals surface area contributed by atoms with Crippen LogP contribution in [0, 0.1) is 18.8 Å². The van der Waals surface area contributed by atoms with Crippen molar-refractivity contribution >= 4 is 34.3 Å². The number of nitrogens with zero attached hydrogens (tertiary/aromatic N) is 1. The minimum absolute atomic E-state index is 0.117. The largest absolute Gasteiger partial charge is 0.236 e. The van der Waals surface area contributed by atoms with E-state index < -0.39 is 0 Å². The van der Waals surface area contributed by atoms with E-state index in [1.165, 1.54) is 9.75 Å². The molecule has 0 spiro atoms. The second kappa shape index (κ2) is 5.05. The SMILES string of the molecule is Cc1cnc(C#Cc2cc(C(C)(C)C)sc2Cl)s1. The minimum atomic E-state index is 0.117. The summed E-state index contributed by atoms with van der Waals surface area (Å²) in [4.78, 5) is 6.65. The fourth-order valence-electron chi connectivity index (χ4n) is 1.36. The van der Waals surface area contributed by atoms with Crippen LogP contribution in [0.2, 0.25) is 4.34 Å². The number of rotatable bonds is 0. The lowest BCUT2D eigenvalue weighted by Crippen LogP contribution is -2.07. The molecule has 4 heteroatoms. The summed E-state index contributed by atoms with van der Waals surface area (Å²) >= 11 is 9.43. The fraction of sp³-hybridized carbons (Fsp3) is 0.357. The van der Waals surface area contributed by atoms with Crippen molar-refractivity contribution in [1.82, 2.24) is 4.98 Å². The molecule has 18 heavy (non-hydrogen) atoms. The molecule has 0 unspecified atom stereocenters. The predicted molar refractivity (Wildman–Crippen MR) is 80.9 cm³/mol. The van der Waals surface area contributed by atoms with Crippen molar-refractivity contribution in [1.29, 1.82) is 0 Å². The first-order valence-electron chi connectivity index (χ1n) is 5.60. The Morgan fingerprint density at radius 2 is 1.94 bits per heavy atom. The number of aromatic nitrogens is 1. The van der Waals surface area contributed by atoms with Gasteiger partial charge in [-0.1, -0.05) is 38.3 Å². The van der Waals surface area contributed by atoms with Crippen molar-refractivity contribution in [2.45, 2.75) is 33.1 Å². The van der Waals surface area contributed by atoms with Gasteiger partial charge < -0.3 is 0 Å². The molecule has 94 valence electrons. The molecule has 1 nitrogen and oxygen atoms in total. The molecule has 0 saturated carbocycles. The maximum absolute atomic E-state index is 6.22. The van der Waals surface area contributed by atoms with E-state index in [0.29, 0.717) is 0 Å². The maximum Gasteiger partial charge on any atom is 0.167 e. The first-order chi connectivity index (χ1) is 8.36. The van der Waals surface area contributed by atoms with Gasteiger partial charge in [-0.05, 0) is 24.3 Å². The standard InChI is InChI=1S/C14H14ClNS2/c1-9-8-16-12(17-9)6-5-10-7-11(14(2,3)4)18-13(10)15/h7-8H,1-4H3. The highest BCUT2D eigenvalue weighted by atomic mass is 35.5. The van der Waals surface area contributed by atoms with Crippen molar-refractivity contribution in [3.63, 3.8) is 0 Å². The van der Waals surface area contributed by atoms with Crippen LogP contribution in [0.15, 0.2) is 12.3 Å². The summed E-state index contributed by atoms with van der Waals surface area (Å²) in [5.41, 5.74) is 1.02. The van der Waals surface area contributed by atoms with E-state index in [2.05, 4.69) is 43.7 Å². The molecule has 0 fully saturated rings. The van der Waals surface area contributed by atoms with Crippen LogP contribution in [-0.4, -0.2) is 4.98 Å². The van der Waals surface area contributed by atoms with E-state index in [-0.39, 0.29) is 5.41 Å². The summed E-state index contributed by atoms with van der Waals surface area (Å²) in [5.74, 6) is 6.18. The van der Waals surface area contributed by atoms with Crippen LogP contribution in [-0.2, 0) is 5.41 Å².